The number of carbonyl (C=O) groups excluding carboxylic acids is 1. The number of amides is 1. The highest BCUT2D eigenvalue weighted by Gasteiger charge is 2.25. The van der Waals surface area contributed by atoms with E-state index in [0.29, 0.717) is 19.5 Å². The summed E-state index contributed by atoms with van der Waals surface area (Å²) in [4.78, 5) is 23.3. The zero-order chi connectivity index (χ0) is 17.9. The SMILES string of the molecule is O=C(COc1ccccc1F)N1CCc2nc(C3CCCN3)ncc2C1. The molecule has 2 aliphatic heterocycles. The molecule has 0 radical (unpaired) electrons. The van der Waals surface area contributed by atoms with E-state index in [9.17, 15) is 9.18 Å². The number of hydrogen-bond acceptors (Lipinski definition) is 5. The van der Waals surface area contributed by atoms with Gasteiger partial charge in [0.15, 0.2) is 18.2 Å². The van der Waals surface area contributed by atoms with E-state index in [1.54, 1.807) is 17.0 Å². The highest BCUT2D eigenvalue weighted by atomic mass is 19.1. The van der Waals surface area contributed by atoms with Crippen LogP contribution in [0.4, 0.5) is 4.39 Å². The van der Waals surface area contributed by atoms with Gasteiger partial charge in [0.2, 0.25) is 0 Å². The van der Waals surface area contributed by atoms with E-state index in [-0.39, 0.29) is 24.3 Å². The number of benzene rings is 1. The lowest BCUT2D eigenvalue weighted by Crippen LogP contribution is -2.39. The molecule has 1 N–H and O–H groups in total. The Hall–Kier alpha value is -2.54. The van der Waals surface area contributed by atoms with Crippen LogP contribution < -0.4 is 10.1 Å². The summed E-state index contributed by atoms with van der Waals surface area (Å²) >= 11 is 0. The summed E-state index contributed by atoms with van der Waals surface area (Å²) in [6, 6.07) is 6.33. The molecule has 4 rings (SSSR count). The maximum atomic E-state index is 13.6. The van der Waals surface area contributed by atoms with Crippen LogP contribution in [0.25, 0.3) is 0 Å². The van der Waals surface area contributed by atoms with Crippen molar-refractivity contribution >= 4 is 5.91 Å². The first-order valence-electron chi connectivity index (χ1n) is 8.94. The van der Waals surface area contributed by atoms with Crippen molar-refractivity contribution in [3.63, 3.8) is 0 Å². The first-order chi connectivity index (χ1) is 12.7. The van der Waals surface area contributed by atoms with Crippen molar-refractivity contribution in [2.24, 2.45) is 0 Å². The Morgan fingerprint density at radius 1 is 1.38 bits per heavy atom. The van der Waals surface area contributed by atoms with Gasteiger partial charge in [0.1, 0.15) is 5.82 Å². The summed E-state index contributed by atoms with van der Waals surface area (Å²) in [5.41, 5.74) is 1.99. The molecule has 3 heterocycles. The number of nitrogens with zero attached hydrogens (tertiary/aromatic N) is 3. The predicted molar refractivity (Wildman–Crippen MR) is 93.0 cm³/mol. The third kappa shape index (κ3) is 3.53. The summed E-state index contributed by atoms with van der Waals surface area (Å²) in [6.45, 7) is 1.88. The van der Waals surface area contributed by atoms with Crippen LogP contribution in [0, 0.1) is 5.82 Å². The van der Waals surface area contributed by atoms with Crippen LogP contribution in [0.5, 0.6) is 5.75 Å². The first-order valence-corrected chi connectivity index (χ1v) is 8.94. The van der Waals surface area contributed by atoms with E-state index >= 15 is 0 Å². The lowest BCUT2D eigenvalue weighted by atomic mass is 10.1. The van der Waals surface area contributed by atoms with Crippen molar-refractivity contribution in [1.29, 1.82) is 0 Å². The van der Waals surface area contributed by atoms with E-state index in [1.165, 1.54) is 12.1 Å². The Labute approximate surface area is 151 Å². The molecular formula is C19H21FN4O2. The van der Waals surface area contributed by atoms with E-state index in [0.717, 1.165) is 36.5 Å². The van der Waals surface area contributed by atoms with E-state index in [2.05, 4.69) is 10.3 Å². The van der Waals surface area contributed by atoms with Crippen LogP contribution in [0.1, 0.15) is 36.0 Å². The molecule has 0 saturated carbocycles. The van der Waals surface area contributed by atoms with Crippen molar-refractivity contribution in [3.8, 4) is 5.75 Å². The minimum atomic E-state index is -0.467. The van der Waals surface area contributed by atoms with Gasteiger partial charge in [-0.15, -0.1) is 0 Å². The summed E-state index contributed by atoms with van der Waals surface area (Å²) in [5.74, 6) is 0.311. The van der Waals surface area contributed by atoms with Gasteiger partial charge in [-0.3, -0.25) is 4.79 Å². The summed E-state index contributed by atoms with van der Waals surface area (Å²) < 4.78 is 18.9. The Balaban J connectivity index is 1.38. The molecule has 7 heteroatoms. The van der Waals surface area contributed by atoms with Gasteiger partial charge in [-0.05, 0) is 31.5 Å². The normalized spacial score (nSPS) is 19.3. The fourth-order valence-corrected chi connectivity index (χ4v) is 3.41. The van der Waals surface area contributed by atoms with Crippen LogP contribution >= 0.6 is 0 Å². The molecule has 2 aliphatic rings. The molecule has 1 aromatic heterocycles. The predicted octanol–water partition coefficient (Wildman–Crippen LogP) is 2.00. The maximum Gasteiger partial charge on any atom is 0.260 e. The highest BCUT2D eigenvalue weighted by molar-refractivity contribution is 5.78. The fourth-order valence-electron chi connectivity index (χ4n) is 3.41. The van der Waals surface area contributed by atoms with Gasteiger partial charge in [0, 0.05) is 31.3 Å². The molecule has 136 valence electrons. The first kappa shape index (κ1) is 16.9. The maximum absolute atomic E-state index is 13.6. The molecule has 1 saturated heterocycles. The van der Waals surface area contributed by atoms with E-state index < -0.39 is 5.82 Å². The standard InChI is InChI=1S/C19H21FN4O2/c20-14-4-1-2-6-17(14)26-12-18(25)24-9-7-15-13(11-24)10-22-19(23-15)16-5-3-8-21-16/h1-2,4,6,10,16,21H,3,5,7-9,11-12H2. The lowest BCUT2D eigenvalue weighted by Gasteiger charge is -2.28. The van der Waals surface area contributed by atoms with Gasteiger partial charge < -0.3 is 15.0 Å². The van der Waals surface area contributed by atoms with Crippen molar-refractivity contribution in [2.75, 3.05) is 19.7 Å². The summed E-state index contributed by atoms with van der Waals surface area (Å²) in [7, 11) is 0. The van der Waals surface area contributed by atoms with Gasteiger partial charge >= 0.3 is 0 Å². The van der Waals surface area contributed by atoms with Crippen LogP contribution in [0.2, 0.25) is 0 Å². The molecule has 1 fully saturated rings. The molecule has 1 aromatic carbocycles. The molecular weight excluding hydrogens is 335 g/mol. The molecule has 6 nitrogen and oxygen atoms in total. The second-order valence-electron chi connectivity index (χ2n) is 6.63. The van der Waals surface area contributed by atoms with E-state index in [1.807, 2.05) is 6.20 Å². The third-order valence-corrected chi connectivity index (χ3v) is 4.87. The fraction of sp³-hybridized carbons (Fsp3) is 0.421. The second-order valence-corrected chi connectivity index (χ2v) is 6.63. The van der Waals surface area contributed by atoms with Crippen LogP contribution in [0.15, 0.2) is 30.5 Å². The quantitative estimate of drug-likeness (QED) is 0.908. The number of para-hydroxylation sites is 1. The largest absolute Gasteiger partial charge is 0.481 e. The van der Waals surface area contributed by atoms with Gasteiger partial charge in [0.05, 0.1) is 11.7 Å². The van der Waals surface area contributed by atoms with Crippen LogP contribution in [-0.4, -0.2) is 40.5 Å². The van der Waals surface area contributed by atoms with Gasteiger partial charge in [-0.1, -0.05) is 12.1 Å². The third-order valence-electron chi connectivity index (χ3n) is 4.87. The minimum Gasteiger partial charge on any atom is -0.481 e. The van der Waals surface area contributed by atoms with Crippen molar-refractivity contribution in [3.05, 3.63) is 53.4 Å². The van der Waals surface area contributed by atoms with Crippen LogP contribution in [-0.2, 0) is 17.8 Å². The number of rotatable bonds is 4. The Kier molecular flexibility index (Phi) is 4.79. The number of carbonyl (C=O) groups is 1. The van der Waals surface area contributed by atoms with Crippen molar-refractivity contribution in [2.45, 2.75) is 31.8 Å². The average Bonchev–Trinajstić information content (AvgIpc) is 3.21. The van der Waals surface area contributed by atoms with E-state index in [4.69, 9.17) is 9.72 Å². The van der Waals surface area contributed by atoms with Gasteiger partial charge in [-0.25, -0.2) is 14.4 Å². The van der Waals surface area contributed by atoms with Gasteiger partial charge in [-0.2, -0.15) is 0 Å². The molecule has 0 bridgehead atoms. The van der Waals surface area contributed by atoms with Crippen molar-refractivity contribution < 1.29 is 13.9 Å². The number of hydrogen-bond donors (Lipinski definition) is 1. The Bertz CT molecular complexity index is 808. The zero-order valence-corrected chi connectivity index (χ0v) is 14.4. The lowest BCUT2D eigenvalue weighted by molar-refractivity contribution is -0.134. The molecule has 1 amide bonds. The Morgan fingerprint density at radius 3 is 3.08 bits per heavy atom. The van der Waals surface area contributed by atoms with Gasteiger partial charge in [0.25, 0.3) is 5.91 Å². The monoisotopic (exact) mass is 356 g/mol. The second kappa shape index (κ2) is 7.37. The summed E-state index contributed by atoms with van der Waals surface area (Å²) in [6.07, 6.45) is 4.74. The smallest absolute Gasteiger partial charge is 0.260 e. The number of ether oxygens (including phenoxy) is 1. The number of nitrogens with one attached hydrogen (secondary N) is 1. The molecule has 1 atom stereocenters. The molecule has 0 spiro atoms. The highest BCUT2D eigenvalue weighted by Crippen LogP contribution is 2.23. The van der Waals surface area contributed by atoms with Crippen molar-refractivity contribution in [1.82, 2.24) is 20.2 Å². The molecule has 2 aromatic rings. The minimum absolute atomic E-state index is 0.0929. The average molecular weight is 356 g/mol. The molecule has 26 heavy (non-hydrogen) atoms. The molecule has 1 unspecified atom stereocenters. The number of halogens is 1. The summed E-state index contributed by atoms with van der Waals surface area (Å²) in [5, 5.41) is 3.41. The zero-order valence-electron chi connectivity index (χ0n) is 14.4. The topological polar surface area (TPSA) is 67.3 Å². The Morgan fingerprint density at radius 2 is 2.27 bits per heavy atom. The number of aromatic nitrogens is 2. The van der Waals surface area contributed by atoms with Crippen LogP contribution in [0.3, 0.4) is 0 Å². The molecule has 0 aliphatic carbocycles. The number of fused-ring (bicyclic) bond motifs is 1.